The summed E-state index contributed by atoms with van der Waals surface area (Å²) < 4.78 is 5.30. The molecule has 8 heteroatoms. The molecule has 1 aliphatic rings. The molecule has 0 radical (unpaired) electrons. The fourth-order valence-electron chi connectivity index (χ4n) is 3.64. The number of hydrogen-bond acceptors (Lipinski definition) is 6. The van der Waals surface area contributed by atoms with E-state index in [1.807, 2.05) is 36.5 Å². The highest BCUT2D eigenvalue weighted by Gasteiger charge is 2.23. The van der Waals surface area contributed by atoms with Crippen molar-refractivity contribution in [2.45, 2.75) is 18.9 Å². The Morgan fingerprint density at radius 1 is 1.32 bits per heavy atom. The Morgan fingerprint density at radius 2 is 2.21 bits per heavy atom. The predicted molar refractivity (Wildman–Crippen MR) is 109 cm³/mol. The first-order valence-electron chi connectivity index (χ1n) is 9.44. The van der Waals surface area contributed by atoms with E-state index in [4.69, 9.17) is 4.74 Å². The van der Waals surface area contributed by atoms with E-state index in [0.29, 0.717) is 0 Å². The minimum atomic E-state index is -0.0350. The molecule has 3 N–H and O–H groups in total. The van der Waals surface area contributed by atoms with Crippen LogP contribution in [-0.4, -0.2) is 53.6 Å². The fraction of sp³-hybridized carbons (Fsp3) is 0.350. The molecule has 1 aromatic carbocycles. The third-order valence-corrected chi connectivity index (χ3v) is 4.97. The molecule has 0 unspecified atom stereocenters. The van der Waals surface area contributed by atoms with Gasteiger partial charge in [0.05, 0.1) is 24.7 Å². The second kappa shape index (κ2) is 8.16. The van der Waals surface area contributed by atoms with Crippen LogP contribution in [0.5, 0.6) is 5.75 Å². The van der Waals surface area contributed by atoms with Gasteiger partial charge in [0.25, 0.3) is 0 Å². The number of benzene rings is 1. The Kier molecular flexibility index (Phi) is 5.27. The van der Waals surface area contributed by atoms with Crippen molar-refractivity contribution in [3.05, 3.63) is 42.9 Å². The number of amides is 1. The van der Waals surface area contributed by atoms with Gasteiger partial charge in [0.1, 0.15) is 23.5 Å². The van der Waals surface area contributed by atoms with Gasteiger partial charge in [-0.3, -0.25) is 4.79 Å². The lowest BCUT2D eigenvalue weighted by Gasteiger charge is -2.34. The average molecular weight is 380 g/mol. The van der Waals surface area contributed by atoms with Crippen LogP contribution >= 0.6 is 0 Å². The monoisotopic (exact) mass is 380 g/mol. The summed E-state index contributed by atoms with van der Waals surface area (Å²) in [7, 11) is 1.62. The molecular weight excluding hydrogens is 356 g/mol. The predicted octanol–water partition coefficient (Wildman–Crippen LogP) is 2.16. The van der Waals surface area contributed by atoms with Crippen molar-refractivity contribution in [3.63, 3.8) is 0 Å². The number of carbonyl (C=O) groups excluding carboxylic acids is 1. The number of H-pyrrole nitrogens is 1. The van der Waals surface area contributed by atoms with Crippen molar-refractivity contribution < 1.29 is 9.53 Å². The number of anilines is 2. The van der Waals surface area contributed by atoms with Crippen LogP contribution in [0.15, 0.2) is 42.9 Å². The van der Waals surface area contributed by atoms with Crippen LogP contribution in [0.25, 0.3) is 11.0 Å². The van der Waals surface area contributed by atoms with Crippen LogP contribution in [0.4, 0.5) is 11.5 Å². The number of methoxy groups -OCH3 is 1. The molecule has 1 amide bonds. The van der Waals surface area contributed by atoms with E-state index in [2.05, 4.69) is 30.5 Å². The zero-order valence-corrected chi connectivity index (χ0v) is 15.8. The van der Waals surface area contributed by atoms with E-state index in [9.17, 15) is 4.79 Å². The summed E-state index contributed by atoms with van der Waals surface area (Å²) in [6.45, 7) is 1.85. The van der Waals surface area contributed by atoms with Crippen molar-refractivity contribution in [2.24, 2.45) is 0 Å². The quantitative estimate of drug-likeness (QED) is 0.607. The number of para-hydroxylation sites is 2. The second-order valence-corrected chi connectivity index (χ2v) is 6.84. The summed E-state index contributed by atoms with van der Waals surface area (Å²) in [4.78, 5) is 26.5. The van der Waals surface area contributed by atoms with E-state index in [1.54, 1.807) is 13.4 Å². The summed E-state index contributed by atoms with van der Waals surface area (Å²) in [5.41, 5.74) is 1.64. The molecule has 4 rings (SSSR count). The number of carbonyl (C=O) groups is 1. The number of rotatable bonds is 6. The van der Waals surface area contributed by atoms with Gasteiger partial charge in [-0.25, -0.2) is 9.97 Å². The number of aromatic nitrogens is 3. The molecule has 0 bridgehead atoms. The van der Waals surface area contributed by atoms with Crippen LogP contribution in [0.2, 0.25) is 0 Å². The number of hydrogen-bond donors (Lipinski definition) is 3. The Bertz CT molecular complexity index is 957. The molecule has 3 aromatic rings. The average Bonchev–Trinajstić information content (AvgIpc) is 3.21. The highest BCUT2D eigenvalue weighted by molar-refractivity contribution is 5.87. The van der Waals surface area contributed by atoms with Gasteiger partial charge in [0, 0.05) is 25.3 Å². The van der Waals surface area contributed by atoms with E-state index in [1.165, 1.54) is 0 Å². The van der Waals surface area contributed by atoms with E-state index in [0.717, 1.165) is 54.2 Å². The smallest absolute Gasteiger partial charge is 0.239 e. The Labute approximate surface area is 163 Å². The molecule has 3 heterocycles. The molecule has 0 aliphatic carbocycles. The summed E-state index contributed by atoms with van der Waals surface area (Å²) >= 11 is 0. The van der Waals surface area contributed by atoms with Gasteiger partial charge in [-0.15, -0.1) is 0 Å². The molecule has 8 nitrogen and oxygen atoms in total. The Hall–Kier alpha value is -3.29. The fourth-order valence-corrected chi connectivity index (χ4v) is 3.64. The third-order valence-electron chi connectivity index (χ3n) is 4.97. The lowest BCUT2D eigenvalue weighted by atomic mass is 10.1. The van der Waals surface area contributed by atoms with Gasteiger partial charge < -0.3 is 25.3 Å². The lowest BCUT2D eigenvalue weighted by molar-refractivity contribution is -0.120. The van der Waals surface area contributed by atoms with Crippen LogP contribution in [0, 0.1) is 0 Å². The Balaban J connectivity index is 1.36. The minimum absolute atomic E-state index is 0.0350. The van der Waals surface area contributed by atoms with Crippen LogP contribution in [-0.2, 0) is 4.79 Å². The molecule has 1 aliphatic heterocycles. The summed E-state index contributed by atoms with van der Waals surface area (Å²) in [5, 5.41) is 7.28. The normalized spacial score (nSPS) is 16.8. The summed E-state index contributed by atoms with van der Waals surface area (Å²) in [6, 6.07) is 9.64. The molecule has 0 saturated carbocycles. The van der Waals surface area contributed by atoms with E-state index in [-0.39, 0.29) is 18.5 Å². The number of aromatic amines is 1. The van der Waals surface area contributed by atoms with Crippen molar-refractivity contribution in [2.75, 3.05) is 37.0 Å². The Morgan fingerprint density at radius 3 is 3.11 bits per heavy atom. The number of nitrogens with one attached hydrogen (secondary N) is 3. The zero-order chi connectivity index (χ0) is 19.3. The molecule has 146 valence electrons. The molecule has 1 atom stereocenters. The number of fused-ring (bicyclic) bond motifs is 1. The lowest BCUT2D eigenvalue weighted by Crippen LogP contribution is -2.49. The largest absolute Gasteiger partial charge is 0.495 e. The van der Waals surface area contributed by atoms with Crippen LogP contribution < -0.4 is 20.3 Å². The van der Waals surface area contributed by atoms with Gasteiger partial charge in [-0.1, -0.05) is 12.1 Å². The first-order chi connectivity index (χ1) is 13.7. The zero-order valence-electron chi connectivity index (χ0n) is 15.8. The van der Waals surface area contributed by atoms with Gasteiger partial charge >= 0.3 is 0 Å². The van der Waals surface area contributed by atoms with Gasteiger partial charge in [-0.05, 0) is 31.0 Å². The second-order valence-electron chi connectivity index (χ2n) is 6.84. The molecule has 2 aromatic heterocycles. The van der Waals surface area contributed by atoms with Crippen LogP contribution in [0.1, 0.15) is 12.8 Å². The van der Waals surface area contributed by atoms with Gasteiger partial charge in [0.2, 0.25) is 5.91 Å². The SMILES string of the molecule is COc1ccccc1NCC(=O)N[C@H]1CCCN(c2ncnc3[nH]ccc23)C1. The third kappa shape index (κ3) is 3.85. The van der Waals surface area contributed by atoms with Crippen molar-refractivity contribution >= 4 is 28.4 Å². The maximum Gasteiger partial charge on any atom is 0.239 e. The topological polar surface area (TPSA) is 95.2 Å². The van der Waals surface area contributed by atoms with E-state index >= 15 is 0 Å². The van der Waals surface area contributed by atoms with Crippen LogP contribution in [0.3, 0.4) is 0 Å². The number of nitrogens with zero attached hydrogens (tertiary/aromatic N) is 3. The maximum absolute atomic E-state index is 12.4. The first kappa shape index (κ1) is 18.1. The number of ether oxygens (including phenoxy) is 1. The standard InChI is InChI=1S/C20H24N6O2/c1-28-17-7-3-2-6-16(17)22-11-18(27)25-14-5-4-10-26(12-14)20-15-8-9-21-19(15)23-13-24-20/h2-3,6-9,13-14,22H,4-5,10-12H2,1H3,(H,25,27)(H,21,23,24)/t14-/m0/s1. The summed E-state index contributed by atoms with van der Waals surface area (Å²) in [6.07, 6.45) is 5.40. The molecule has 1 fully saturated rings. The molecular formula is C20H24N6O2. The van der Waals surface area contributed by atoms with Gasteiger partial charge in [-0.2, -0.15) is 0 Å². The van der Waals surface area contributed by atoms with Gasteiger partial charge in [0.15, 0.2) is 0 Å². The molecule has 1 saturated heterocycles. The van der Waals surface area contributed by atoms with Crippen molar-refractivity contribution in [3.8, 4) is 5.75 Å². The summed E-state index contributed by atoms with van der Waals surface area (Å²) in [5.74, 6) is 1.60. The van der Waals surface area contributed by atoms with Crippen molar-refractivity contribution in [1.82, 2.24) is 20.3 Å². The highest BCUT2D eigenvalue weighted by Crippen LogP contribution is 2.25. The molecule has 0 spiro atoms. The maximum atomic E-state index is 12.4. The highest BCUT2D eigenvalue weighted by atomic mass is 16.5. The first-order valence-corrected chi connectivity index (χ1v) is 9.44. The van der Waals surface area contributed by atoms with Crippen molar-refractivity contribution in [1.29, 1.82) is 0 Å². The van der Waals surface area contributed by atoms with E-state index < -0.39 is 0 Å². The molecule has 28 heavy (non-hydrogen) atoms. The minimum Gasteiger partial charge on any atom is -0.495 e. The number of piperidine rings is 1.